The van der Waals surface area contributed by atoms with Crippen molar-refractivity contribution in [2.24, 2.45) is 0 Å². The second-order valence-corrected chi connectivity index (χ2v) is 16.4. The molecule has 60 heavy (non-hydrogen) atoms. The topological polar surface area (TPSA) is 21.3 Å². The number of furan rings is 1. The van der Waals surface area contributed by atoms with Crippen LogP contribution in [0.2, 0.25) is 0 Å². The number of benzene rings is 9. The summed E-state index contributed by atoms with van der Waals surface area (Å²) in [6.45, 7) is 0. The van der Waals surface area contributed by atoms with Gasteiger partial charge in [0.25, 0.3) is 0 Å². The molecule has 0 amide bonds. The minimum Gasteiger partial charge on any atom is -0.454 e. The average molecular weight is 785 g/mol. The molecule has 0 saturated heterocycles. The molecule has 0 spiro atoms. The lowest BCUT2D eigenvalue weighted by molar-refractivity contribution is 0.666. The third-order valence-electron chi connectivity index (χ3n) is 11.8. The Morgan fingerprint density at radius 3 is 1.70 bits per heavy atom. The molecular formula is C56H36N2OS. The van der Waals surface area contributed by atoms with Crippen molar-refractivity contribution in [3.63, 3.8) is 0 Å². The first-order chi connectivity index (χ1) is 29.7. The van der Waals surface area contributed by atoms with E-state index in [1.165, 1.54) is 48.0 Å². The maximum Gasteiger partial charge on any atom is 0.159 e. The summed E-state index contributed by atoms with van der Waals surface area (Å²) in [6.07, 6.45) is 0. The first-order valence-electron chi connectivity index (χ1n) is 20.3. The summed E-state index contributed by atoms with van der Waals surface area (Å²) < 4.78 is 10.2. The minimum atomic E-state index is 0.898. The van der Waals surface area contributed by atoms with Crippen molar-refractivity contribution in [3.8, 4) is 38.4 Å². The molecule has 0 aliphatic carbocycles. The fraction of sp³-hybridized carbons (Fsp3) is 0. The SMILES string of the molecule is c1ccc(-c2ccc(N(c3ccc(-c4ccc5c(c4)c4ccccc4n5-c4cccc5c4oc4ccccc45)cc3)c3ccc(-c4cc5ccccc5s4)cc3)cc2)cc1. The molecule has 0 fully saturated rings. The number of aromatic nitrogens is 1. The molecule has 282 valence electrons. The predicted molar refractivity (Wildman–Crippen MR) is 254 cm³/mol. The Kier molecular flexibility index (Phi) is 8.03. The largest absolute Gasteiger partial charge is 0.454 e. The van der Waals surface area contributed by atoms with Crippen LogP contribution in [0.15, 0.2) is 223 Å². The van der Waals surface area contributed by atoms with E-state index in [9.17, 15) is 0 Å². The van der Waals surface area contributed by atoms with Crippen molar-refractivity contribution >= 4 is 82.2 Å². The van der Waals surface area contributed by atoms with Gasteiger partial charge in [-0.1, -0.05) is 140 Å². The van der Waals surface area contributed by atoms with Crippen molar-refractivity contribution in [2.75, 3.05) is 4.90 Å². The molecule has 12 aromatic rings. The van der Waals surface area contributed by atoms with Gasteiger partial charge < -0.3 is 13.9 Å². The van der Waals surface area contributed by atoms with Gasteiger partial charge in [0.1, 0.15) is 5.58 Å². The summed E-state index contributed by atoms with van der Waals surface area (Å²) in [5.74, 6) is 0. The van der Waals surface area contributed by atoms with Crippen molar-refractivity contribution < 1.29 is 4.42 Å². The minimum absolute atomic E-state index is 0.898. The van der Waals surface area contributed by atoms with Crippen LogP contribution in [-0.2, 0) is 0 Å². The van der Waals surface area contributed by atoms with Crippen molar-refractivity contribution in [3.05, 3.63) is 218 Å². The summed E-state index contributed by atoms with van der Waals surface area (Å²) in [5, 5.41) is 5.96. The van der Waals surface area contributed by atoms with E-state index in [4.69, 9.17) is 4.42 Å². The summed E-state index contributed by atoms with van der Waals surface area (Å²) in [6, 6.07) is 78.6. The molecular weight excluding hydrogens is 749 g/mol. The molecule has 3 aromatic heterocycles. The highest BCUT2D eigenvalue weighted by molar-refractivity contribution is 7.22. The second kappa shape index (κ2) is 14.0. The zero-order valence-electron chi connectivity index (χ0n) is 32.5. The van der Waals surface area contributed by atoms with Crippen molar-refractivity contribution in [1.82, 2.24) is 4.57 Å². The molecule has 0 N–H and O–H groups in total. The van der Waals surface area contributed by atoms with Gasteiger partial charge in [0, 0.05) is 48.2 Å². The summed E-state index contributed by atoms with van der Waals surface area (Å²) in [4.78, 5) is 3.63. The smallest absolute Gasteiger partial charge is 0.159 e. The van der Waals surface area contributed by atoms with Crippen LogP contribution < -0.4 is 4.90 Å². The van der Waals surface area contributed by atoms with Gasteiger partial charge in [-0.2, -0.15) is 0 Å². The summed E-state index contributed by atoms with van der Waals surface area (Å²) >= 11 is 1.84. The van der Waals surface area contributed by atoms with Crippen LogP contribution in [0.4, 0.5) is 17.1 Å². The van der Waals surface area contributed by atoms with E-state index >= 15 is 0 Å². The third kappa shape index (κ3) is 5.72. The lowest BCUT2D eigenvalue weighted by Gasteiger charge is -2.26. The van der Waals surface area contributed by atoms with Gasteiger partial charge in [0.15, 0.2) is 5.58 Å². The van der Waals surface area contributed by atoms with E-state index in [1.807, 2.05) is 23.5 Å². The van der Waals surface area contributed by atoms with Crippen LogP contribution >= 0.6 is 11.3 Å². The van der Waals surface area contributed by atoms with E-state index < -0.39 is 0 Å². The van der Waals surface area contributed by atoms with Crippen molar-refractivity contribution in [2.45, 2.75) is 0 Å². The molecule has 12 rings (SSSR count). The van der Waals surface area contributed by atoms with E-state index in [0.717, 1.165) is 61.3 Å². The third-order valence-corrected chi connectivity index (χ3v) is 13.0. The molecule has 3 heterocycles. The molecule has 3 nitrogen and oxygen atoms in total. The monoisotopic (exact) mass is 784 g/mol. The van der Waals surface area contributed by atoms with E-state index in [-0.39, 0.29) is 0 Å². The Balaban J connectivity index is 0.932. The molecule has 0 atom stereocenters. The molecule has 0 bridgehead atoms. The highest BCUT2D eigenvalue weighted by Gasteiger charge is 2.19. The number of rotatable bonds is 7. The lowest BCUT2D eigenvalue weighted by Crippen LogP contribution is -2.09. The number of hydrogen-bond acceptors (Lipinski definition) is 3. The number of anilines is 3. The molecule has 0 aliphatic heterocycles. The quantitative estimate of drug-likeness (QED) is 0.161. The van der Waals surface area contributed by atoms with Gasteiger partial charge in [-0.25, -0.2) is 0 Å². The Morgan fingerprint density at radius 2 is 0.950 bits per heavy atom. The van der Waals surface area contributed by atoms with Crippen LogP contribution in [0.5, 0.6) is 0 Å². The normalized spacial score (nSPS) is 11.7. The van der Waals surface area contributed by atoms with Gasteiger partial charge in [-0.05, 0) is 112 Å². The van der Waals surface area contributed by atoms with Crippen LogP contribution in [0.1, 0.15) is 0 Å². The summed E-state index contributed by atoms with van der Waals surface area (Å²) in [5.41, 5.74) is 14.4. The number of hydrogen-bond donors (Lipinski definition) is 0. The van der Waals surface area contributed by atoms with Gasteiger partial charge in [0.05, 0.1) is 16.7 Å². The molecule has 9 aromatic carbocycles. The van der Waals surface area contributed by atoms with Crippen LogP contribution in [0.25, 0.3) is 92.2 Å². The number of nitrogens with zero attached hydrogens (tertiary/aromatic N) is 2. The number of fused-ring (bicyclic) bond motifs is 7. The fourth-order valence-corrected chi connectivity index (χ4v) is 9.97. The molecule has 0 aliphatic rings. The Hall–Kier alpha value is -7.66. The summed E-state index contributed by atoms with van der Waals surface area (Å²) in [7, 11) is 0. The highest BCUT2D eigenvalue weighted by atomic mass is 32.1. The standard InChI is InChI=1S/C56H36N2OS/c1-2-11-37(12-3-1)38-21-28-43(29-22-38)57(45-32-25-40(26-33-45)55-36-42-13-4-9-20-54(42)60-55)44-30-23-39(24-31-44)41-27-34-51-49(35-41)46-14-5-7-17-50(46)58(51)52-18-10-16-48-47-15-6-8-19-53(47)59-56(48)52/h1-36H. The van der Waals surface area contributed by atoms with Gasteiger partial charge in [-0.15, -0.1) is 11.3 Å². The zero-order valence-corrected chi connectivity index (χ0v) is 33.3. The molecule has 0 unspecified atom stereocenters. The van der Waals surface area contributed by atoms with E-state index in [1.54, 1.807) is 0 Å². The van der Waals surface area contributed by atoms with Crippen LogP contribution in [0, 0.1) is 0 Å². The maximum absolute atomic E-state index is 6.53. The zero-order chi connectivity index (χ0) is 39.6. The fourth-order valence-electron chi connectivity index (χ4n) is 8.90. The van der Waals surface area contributed by atoms with E-state index in [2.05, 4.69) is 216 Å². The highest BCUT2D eigenvalue weighted by Crippen LogP contribution is 2.42. The first kappa shape index (κ1) is 34.4. The number of thiophene rings is 1. The molecule has 0 radical (unpaired) electrons. The van der Waals surface area contributed by atoms with Gasteiger partial charge >= 0.3 is 0 Å². The average Bonchev–Trinajstić information content (AvgIpc) is 4.02. The van der Waals surface area contributed by atoms with E-state index in [0.29, 0.717) is 0 Å². The van der Waals surface area contributed by atoms with Crippen LogP contribution in [0.3, 0.4) is 0 Å². The Morgan fingerprint density at radius 1 is 0.383 bits per heavy atom. The van der Waals surface area contributed by atoms with Gasteiger partial charge in [-0.3, -0.25) is 0 Å². The maximum atomic E-state index is 6.53. The van der Waals surface area contributed by atoms with Crippen molar-refractivity contribution in [1.29, 1.82) is 0 Å². The second-order valence-electron chi connectivity index (χ2n) is 15.3. The molecule has 4 heteroatoms. The first-order valence-corrected chi connectivity index (χ1v) is 21.1. The lowest BCUT2D eigenvalue weighted by atomic mass is 10.0. The van der Waals surface area contributed by atoms with Crippen LogP contribution in [-0.4, -0.2) is 4.57 Å². The van der Waals surface area contributed by atoms with Gasteiger partial charge in [0.2, 0.25) is 0 Å². The predicted octanol–water partition coefficient (Wildman–Crippen LogP) is 16.4. The number of para-hydroxylation sites is 3. The molecule has 0 saturated carbocycles. The Labute approximate surface area is 351 Å². The Bertz CT molecular complexity index is 3490.